The molecular formula is C27H42N2O5. The highest BCUT2D eigenvalue weighted by Crippen LogP contribution is 2.28. The molecule has 0 aliphatic rings. The summed E-state index contributed by atoms with van der Waals surface area (Å²) in [7, 11) is 3.17. The van der Waals surface area contributed by atoms with Gasteiger partial charge in [0.05, 0.1) is 12.6 Å². The minimum atomic E-state index is -1.26. The normalized spacial score (nSPS) is 15.8. The summed E-state index contributed by atoms with van der Waals surface area (Å²) in [6.07, 6.45) is 1.76. The number of carbonyl (C=O) groups is 3. The molecule has 2 amide bonds. The number of methoxy groups -OCH3 is 1. The van der Waals surface area contributed by atoms with Crippen molar-refractivity contribution in [3.8, 4) is 0 Å². The van der Waals surface area contributed by atoms with Crippen molar-refractivity contribution in [2.45, 2.75) is 73.1 Å². The summed E-state index contributed by atoms with van der Waals surface area (Å²) in [5.41, 5.74) is -0.709. The van der Waals surface area contributed by atoms with E-state index in [1.54, 1.807) is 38.8 Å². The fourth-order valence-electron chi connectivity index (χ4n) is 3.69. The van der Waals surface area contributed by atoms with E-state index in [1.807, 2.05) is 65.0 Å². The van der Waals surface area contributed by atoms with Crippen LogP contribution in [0.3, 0.4) is 0 Å². The third-order valence-electron chi connectivity index (χ3n) is 6.05. The summed E-state index contributed by atoms with van der Waals surface area (Å²) in [6, 6.07) is 8.01. The highest BCUT2D eigenvalue weighted by molar-refractivity contribution is 5.93. The summed E-state index contributed by atoms with van der Waals surface area (Å²) < 4.78 is 10.7. The molecule has 1 aromatic rings. The van der Waals surface area contributed by atoms with Gasteiger partial charge in [-0.1, -0.05) is 71.0 Å². The lowest BCUT2D eigenvalue weighted by Crippen LogP contribution is -2.59. The van der Waals surface area contributed by atoms with Crippen LogP contribution < -0.4 is 5.32 Å². The Morgan fingerprint density at radius 2 is 1.65 bits per heavy atom. The molecule has 0 spiro atoms. The van der Waals surface area contributed by atoms with E-state index >= 15 is 0 Å². The molecule has 3 unspecified atom stereocenters. The van der Waals surface area contributed by atoms with Crippen LogP contribution in [0.15, 0.2) is 42.0 Å². The maximum absolute atomic E-state index is 13.7. The minimum Gasteiger partial charge on any atom is -0.463 e. The van der Waals surface area contributed by atoms with Crippen molar-refractivity contribution in [1.29, 1.82) is 0 Å². The molecule has 7 heteroatoms. The molecular weight excluding hydrogens is 432 g/mol. The van der Waals surface area contributed by atoms with E-state index < -0.39 is 28.9 Å². The van der Waals surface area contributed by atoms with Crippen LogP contribution in [0.1, 0.15) is 61.0 Å². The minimum absolute atomic E-state index is 0.0307. The number of likely N-dealkylation sites (N-methyl/N-ethyl adjacent to an activating group) is 1. The largest absolute Gasteiger partial charge is 0.463 e. The molecule has 1 rings (SSSR count). The molecule has 1 aromatic carbocycles. The van der Waals surface area contributed by atoms with Gasteiger partial charge in [-0.05, 0) is 37.7 Å². The summed E-state index contributed by atoms with van der Waals surface area (Å²) >= 11 is 0. The molecule has 0 heterocycles. The topological polar surface area (TPSA) is 84.9 Å². The Labute approximate surface area is 204 Å². The predicted octanol–water partition coefficient (Wildman–Crippen LogP) is 4.07. The van der Waals surface area contributed by atoms with Crippen LogP contribution in [-0.2, 0) is 29.5 Å². The van der Waals surface area contributed by atoms with E-state index in [9.17, 15) is 14.4 Å². The van der Waals surface area contributed by atoms with Crippen molar-refractivity contribution in [3.63, 3.8) is 0 Å². The second-order valence-electron chi connectivity index (χ2n) is 10.1. The Hall–Kier alpha value is -2.67. The zero-order chi connectivity index (χ0) is 26.3. The van der Waals surface area contributed by atoms with Crippen LogP contribution in [0.25, 0.3) is 0 Å². The molecule has 3 atom stereocenters. The quantitative estimate of drug-likeness (QED) is 0.408. The Morgan fingerprint density at radius 1 is 1.09 bits per heavy atom. The average Bonchev–Trinajstić information content (AvgIpc) is 2.78. The maximum atomic E-state index is 13.7. The lowest BCUT2D eigenvalue weighted by molar-refractivity contribution is -0.149. The van der Waals surface area contributed by atoms with E-state index in [1.165, 1.54) is 7.11 Å². The van der Waals surface area contributed by atoms with Crippen molar-refractivity contribution in [2.75, 3.05) is 20.8 Å². The molecule has 0 aliphatic heterocycles. The molecule has 0 radical (unpaired) electrons. The Kier molecular flexibility index (Phi) is 10.5. The summed E-state index contributed by atoms with van der Waals surface area (Å²) in [5.74, 6) is -1.03. The Morgan fingerprint density at radius 3 is 2.09 bits per heavy atom. The summed E-state index contributed by atoms with van der Waals surface area (Å²) in [5, 5.41) is 2.95. The lowest BCUT2D eigenvalue weighted by atomic mass is 9.84. The number of hydrogen-bond donors (Lipinski definition) is 1. The van der Waals surface area contributed by atoms with Crippen LogP contribution in [0, 0.1) is 11.3 Å². The van der Waals surface area contributed by atoms with Crippen LogP contribution in [0.5, 0.6) is 0 Å². The van der Waals surface area contributed by atoms with Crippen molar-refractivity contribution >= 4 is 17.8 Å². The van der Waals surface area contributed by atoms with E-state index in [0.29, 0.717) is 11.1 Å². The van der Waals surface area contributed by atoms with Crippen molar-refractivity contribution in [3.05, 3.63) is 47.5 Å². The number of carbonyl (C=O) groups excluding carboxylic acids is 3. The molecule has 34 heavy (non-hydrogen) atoms. The van der Waals surface area contributed by atoms with Crippen LogP contribution >= 0.6 is 0 Å². The first kappa shape index (κ1) is 29.4. The van der Waals surface area contributed by atoms with Crippen LogP contribution in [0.4, 0.5) is 0 Å². The number of rotatable bonds is 10. The third-order valence-corrected chi connectivity index (χ3v) is 6.05. The van der Waals surface area contributed by atoms with Gasteiger partial charge in [-0.2, -0.15) is 0 Å². The zero-order valence-electron chi connectivity index (χ0n) is 22.4. The Balaban J connectivity index is 3.29. The van der Waals surface area contributed by atoms with E-state index in [0.717, 1.165) is 0 Å². The first-order chi connectivity index (χ1) is 15.7. The molecule has 190 valence electrons. The van der Waals surface area contributed by atoms with Gasteiger partial charge in [0.2, 0.25) is 5.91 Å². The number of esters is 1. The Bertz CT molecular complexity index is 873. The van der Waals surface area contributed by atoms with Gasteiger partial charge in [0.25, 0.3) is 5.91 Å². The summed E-state index contributed by atoms with van der Waals surface area (Å²) in [4.78, 5) is 40.9. The second kappa shape index (κ2) is 12.2. The fourth-order valence-corrected chi connectivity index (χ4v) is 3.69. The standard InChI is InChI=1S/C27H42N2O5/c1-11-34-24(31)19(4)17-21(18(2)3)29(9)23(30)22(26(5,6)7)28-25(32)27(8,33-10)20-15-13-12-14-16-20/h12-18,21-22H,11H2,1-10H3,(H,28,32)/b19-17+. The van der Waals surface area contributed by atoms with Crippen molar-refractivity contribution in [2.24, 2.45) is 11.3 Å². The highest BCUT2D eigenvalue weighted by atomic mass is 16.5. The monoisotopic (exact) mass is 474 g/mol. The van der Waals surface area contributed by atoms with E-state index in [-0.39, 0.29) is 24.5 Å². The number of amides is 2. The molecule has 1 N–H and O–H groups in total. The van der Waals surface area contributed by atoms with Crippen LogP contribution in [-0.4, -0.2) is 55.5 Å². The maximum Gasteiger partial charge on any atom is 0.333 e. The van der Waals surface area contributed by atoms with Gasteiger partial charge in [0.15, 0.2) is 5.60 Å². The van der Waals surface area contributed by atoms with E-state index in [4.69, 9.17) is 9.47 Å². The molecule has 0 aromatic heterocycles. The molecule has 0 saturated heterocycles. The zero-order valence-corrected chi connectivity index (χ0v) is 22.4. The first-order valence-electron chi connectivity index (χ1n) is 11.7. The highest BCUT2D eigenvalue weighted by Gasteiger charge is 2.42. The number of benzene rings is 1. The third kappa shape index (κ3) is 7.16. The van der Waals surface area contributed by atoms with Gasteiger partial charge >= 0.3 is 5.97 Å². The van der Waals surface area contributed by atoms with Gasteiger partial charge < -0.3 is 19.7 Å². The number of hydrogen-bond acceptors (Lipinski definition) is 5. The van der Waals surface area contributed by atoms with E-state index in [2.05, 4.69) is 5.32 Å². The van der Waals surface area contributed by atoms with Crippen molar-refractivity contribution in [1.82, 2.24) is 10.2 Å². The number of ether oxygens (including phenoxy) is 2. The fraction of sp³-hybridized carbons (Fsp3) is 0.593. The van der Waals surface area contributed by atoms with Crippen LogP contribution in [0.2, 0.25) is 0 Å². The predicted molar refractivity (Wildman–Crippen MR) is 134 cm³/mol. The SMILES string of the molecule is CCOC(=O)/C(C)=C/C(C(C)C)N(C)C(=O)C(NC(=O)C(C)(OC)c1ccccc1)C(C)(C)C. The molecule has 0 aliphatic carbocycles. The summed E-state index contributed by atoms with van der Waals surface area (Å²) in [6.45, 7) is 15.1. The molecule has 0 fully saturated rings. The van der Waals surface area contributed by atoms with Gasteiger partial charge in [0.1, 0.15) is 6.04 Å². The molecule has 7 nitrogen and oxygen atoms in total. The van der Waals surface area contributed by atoms with Gasteiger partial charge in [-0.3, -0.25) is 9.59 Å². The lowest BCUT2D eigenvalue weighted by Gasteiger charge is -2.39. The molecule has 0 saturated carbocycles. The number of nitrogens with one attached hydrogen (secondary N) is 1. The van der Waals surface area contributed by atoms with Gasteiger partial charge in [0, 0.05) is 19.7 Å². The number of nitrogens with zero attached hydrogens (tertiary/aromatic N) is 1. The second-order valence-corrected chi connectivity index (χ2v) is 10.1. The first-order valence-corrected chi connectivity index (χ1v) is 11.7. The average molecular weight is 475 g/mol. The smallest absolute Gasteiger partial charge is 0.333 e. The van der Waals surface area contributed by atoms with Crippen molar-refractivity contribution < 1.29 is 23.9 Å². The van der Waals surface area contributed by atoms with Gasteiger partial charge in [-0.15, -0.1) is 0 Å². The molecule has 0 bridgehead atoms. The van der Waals surface area contributed by atoms with Gasteiger partial charge in [-0.25, -0.2) is 4.79 Å².